The highest BCUT2D eigenvalue weighted by Crippen LogP contribution is 2.28. The first-order valence-corrected chi connectivity index (χ1v) is 12.3. The molecule has 3 aromatic rings. The summed E-state index contributed by atoms with van der Waals surface area (Å²) in [5.74, 6) is -1.14. The average Bonchev–Trinajstić information content (AvgIpc) is 2.87. The van der Waals surface area contributed by atoms with E-state index in [4.69, 9.17) is 4.74 Å². The first-order chi connectivity index (χ1) is 16.8. The minimum atomic E-state index is -1.11. The Kier molecular flexibility index (Phi) is 9.09. The molecule has 0 bridgehead atoms. The second kappa shape index (κ2) is 12.2. The molecule has 3 aromatic carbocycles. The lowest BCUT2D eigenvalue weighted by molar-refractivity contribution is -0.140. The maximum atomic E-state index is 13.8. The molecule has 6 nitrogen and oxygen atoms in total. The molecule has 1 unspecified atom stereocenters. The number of carboxylic acid groups (broad SMARTS) is 1. The van der Waals surface area contributed by atoms with E-state index >= 15 is 0 Å². The van der Waals surface area contributed by atoms with Gasteiger partial charge in [0, 0.05) is 18.4 Å². The number of carbonyl (C=O) groups excluding carboxylic acids is 2. The van der Waals surface area contributed by atoms with Crippen LogP contribution in [0.1, 0.15) is 19.4 Å². The smallest absolute Gasteiger partial charge is 0.326 e. The van der Waals surface area contributed by atoms with Gasteiger partial charge in [0.15, 0.2) is 5.12 Å². The molecule has 0 fully saturated rings. The average molecular weight is 492 g/mol. The summed E-state index contributed by atoms with van der Waals surface area (Å²) in [6.07, 6.45) is 0.348. The third-order valence-electron chi connectivity index (χ3n) is 5.69. The van der Waals surface area contributed by atoms with E-state index in [1.54, 1.807) is 19.2 Å². The van der Waals surface area contributed by atoms with Gasteiger partial charge < -0.3 is 9.84 Å². The van der Waals surface area contributed by atoms with Gasteiger partial charge in [-0.15, -0.1) is 0 Å². The standard InChI is InChI=1S/C28H29NO5S/c1-19(28(32)33)29(25-14-12-23(13-15-25)22-9-5-4-6-10-22)27(31)24(18-35-20(2)30)16-21-8-7-11-26(17-21)34-3/h4-15,17,19,24H,16,18H2,1-3H3,(H,32,33)/t19-,24?/m0/s1. The van der Waals surface area contributed by atoms with E-state index < -0.39 is 17.9 Å². The number of methoxy groups -OCH3 is 1. The van der Waals surface area contributed by atoms with Crippen molar-refractivity contribution in [1.82, 2.24) is 0 Å². The number of aliphatic carboxylic acids is 1. The number of ether oxygens (including phenoxy) is 1. The second-order valence-electron chi connectivity index (χ2n) is 8.19. The number of hydrogen-bond acceptors (Lipinski definition) is 5. The van der Waals surface area contributed by atoms with Crippen LogP contribution in [0.25, 0.3) is 11.1 Å². The lowest BCUT2D eigenvalue weighted by Crippen LogP contribution is -2.47. The fraction of sp³-hybridized carbons (Fsp3) is 0.250. The Morgan fingerprint density at radius 2 is 1.60 bits per heavy atom. The molecule has 3 rings (SSSR count). The summed E-state index contributed by atoms with van der Waals surface area (Å²) in [7, 11) is 1.57. The zero-order valence-electron chi connectivity index (χ0n) is 20.0. The highest BCUT2D eigenvalue weighted by molar-refractivity contribution is 8.13. The third-order valence-corrected chi connectivity index (χ3v) is 6.66. The summed E-state index contributed by atoms with van der Waals surface area (Å²) in [5, 5.41) is 9.68. The highest BCUT2D eigenvalue weighted by atomic mass is 32.2. The molecule has 0 radical (unpaired) electrons. The molecule has 182 valence electrons. The van der Waals surface area contributed by atoms with E-state index in [0.717, 1.165) is 28.5 Å². The maximum absolute atomic E-state index is 13.8. The first-order valence-electron chi connectivity index (χ1n) is 11.3. The van der Waals surface area contributed by atoms with Gasteiger partial charge >= 0.3 is 5.97 Å². The Balaban J connectivity index is 1.95. The molecular weight excluding hydrogens is 462 g/mol. The second-order valence-corrected chi connectivity index (χ2v) is 9.39. The van der Waals surface area contributed by atoms with Crippen LogP contribution in [-0.2, 0) is 20.8 Å². The molecule has 7 heteroatoms. The number of amides is 1. The minimum Gasteiger partial charge on any atom is -0.497 e. The van der Waals surface area contributed by atoms with Crippen molar-refractivity contribution < 1.29 is 24.2 Å². The predicted octanol–water partition coefficient (Wildman–Crippen LogP) is 5.31. The molecule has 0 spiro atoms. The van der Waals surface area contributed by atoms with Crippen LogP contribution < -0.4 is 9.64 Å². The van der Waals surface area contributed by atoms with Gasteiger partial charge in [-0.05, 0) is 54.3 Å². The third kappa shape index (κ3) is 6.96. The number of nitrogens with zero attached hydrogens (tertiary/aromatic N) is 1. The van der Waals surface area contributed by atoms with Crippen molar-refractivity contribution in [1.29, 1.82) is 0 Å². The number of rotatable bonds is 10. The molecule has 1 amide bonds. The summed E-state index contributed by atoms with van der Waals surface area (Å²) in [5.41, 5.74) is 3.35. The Morgan fingerprint density at radius 1 is 0.943 bits per heavy atom. The summed E-state index contributed by atoms with van der Waals surface area (Å²) in [6, 6.07) is 23.4. The summed E-state index contributed by atoms with van der Waals surface area (Å²) >= 11 is 1.06. The van der Waals surface area contributed by atoms with E-state index in [9.17, 15) is 19.5 Å². The summed E-state index contributed by atoms with van der Waals surface area (Å²) in [6.45, 7) is 2.95. The van der Waals surface area contributed by atoms with Gasteiger partial charge in [0.25, 0.3) is 0 Å². The van der Waals surface area contributed by atoms with Crippen molar-refractivity contribution >= 4 is 34.4 Å². The monoisotopic (exact) mass is 491 g/mol. The molecule has 0 aliphatic rings. The Morgan fingerprint density at radius 3 is 2.20 bits per heavy atom. The number of carboxylic acids is 1. The van der Waals surface area contributed by atoms with Crippen LogP contribution in [0.3, 0.4) is 0 Å². The Hall–Kier alpha value is -3.58. The number of thioether (sulfide) groups is 1. The molecule has 0 aromatic heterocycles. The molecule has 2 atom stereocenters. The van der Waals surface area contributed by atoms with Crippen molar-refractivity contribution in [2.75, 3.05) is 17.8 Å². The van der Waals surface area contributed by atoms with Crippen LogP contribution in [0, 0.1) is 5.92 Å². The molecule has 0 heterocycles. The quantitative estimate of drug-likeness (QED) is 0.414. The van der Waals surface area contributed by atoms with Crippen LogP contribution in [0.5, 0.6) is 5.75 Å². The van der Waals surface area contributed by atoms with Crippen LogP contribution >= 0.6 is 11.8 Å². The minimum absolute atomic E-state index is 0.0986. The number of benzene rings is 3. The van der Waals surface area contributed by atoms with Gasteiger partial charge in [-0.1, -0.05) is 66.4 Å². The van der Waals surface area contributed by atoms with E-state index in [1.165, 1.54) is 18.7 Å². The summed E-state index contributed by atoms with van der Waals surface area (Å²) in [4.78, 5) is 38.8. The lowest BCUT2D eigenvalue weighted by Gasteiger charge is -2.30. The van der Waals surface area contributed by atoms with Crippen molar-refractivity contribution in [2.45, 2.75) is 26.3 Å². The fourth-order valence-electron chi connectivity index (χ4n) is 3.81. The van der Waals surface area contributed by atoms with E-state index in [-0.39, 0.29) is 16.8 Å². The molecule has 0 saturated carbocycles. The van der Waals surface area contributed by atoms with Crippen molar-refractivity contribution in [3.05, 3.63) is 84.4 Å². The molecule has 0 saturated heterocycles. The Bertz CT molecular complexity index is 1160. The first kappa shape index (κ1) is 26.0. The van der Waals surface area contributed by atoms with Gasteiger partial charge in [0.2, 0.25) is 5.91 Å². The molecule has 0 aliphatic heterocycles. The van der Waals surface area contributed by atoms with Crippen LogP contribution in [0.4, 0.5) is 5.69 Å². The summed E-state index contributed by atoms with van der Waals surface area (Å²) < 4.78 is 5.30. The van der Waals surface area contributed by atoms with Gasteiger partial charge in [0.05, 0.1) is 13.0 Å². The molecular formula is C28H29NO5S. The van der Waals surface area contributed by atoms with Crippen molar-refractivity contribution in [3.8, 4) is 16.9 Å². The van der Waals surface area contributed by atoms with Crippen LogP contribution in [-0.4, -0.2) is 41.0 Å². The maximum Gasteiger partial charge on any atom is 0.326 e. The SMILES string of the molecule is COc1cccc(CC(CSC(C)=O)C(=O)N(c2ccc(-c3ccccc3)cc2)[C@@H](C)C(=O)O)c1. The normalized spacial score (nSPS) is 12.4. The van der Waals surface area contributed by atoms with Gasteiger partial charge in [-0.2, -0.15) is 0 Å². The number of carbonyl (C=O) groups is 3. The van der Waals surface area contributed by atoms with Crippen LogP contribution in [0.2, 0.25) is 0 Å². The van der Waals surface area contributed by atoms with Gasteiger partial charge in [-0.3, -0.25) is 14.5 Å². The van der Waals surface area contributed by atoms with Crippen molar-refractivity contribution in [2.24, 2.45) is 5.92 Å². The highest BCUT2D eigenvalue weighted by Gasteiger charge is 2.32. The topological polar surface area (TPSA) is 83.9 Å². The molecule has 35 heavy (non-hydrogen) atoms. The van der Waals surface area contributed by atoms with Crippen LogP contribution in [0.15, 0.2) is 78.9 Å². The van der Waals surface area contributed by atoms with E-state index in [2.05, 4.69) is 0 Å². The molecule has 1 N–H and O–H groups in total. The predicted molar refractivity (Wildman–Crippen MR) is 140 cm³/mol. The van der Waals surface area contributed by atoms with Gasteiger partial charge in [-0.25, -0.2) is 4.79 Å². The van der Waals surface area contributed by atoms with Gasteiger partial charge in [0.1, 0.15) is 11.8 Å². The Labute approximate surface area is 209 Å². The zero-order chi connectivity index (χ0) is 25.4. The fourth-order valence-corrected chi connectivity index (χ4v) is 4.51. The number of anilines is 1. The van der Waals surface area contributed by atoms with Crippen molar-refractivity contribution in [3.63, 3.8) is 0 Å². The zero-order valence-corrected chi connectivity index (χ0v) is 20.8. The largest absolute Gasteiger partial charge is 0.497 e. The number of hydrogen-bond donors (Lipinski definition) is 1. The van der Waals surface area contributed by atoms with E-state index in [0.29, 0.717) is 17.9 Å². The lowest BCUT2D eigenvalue weighted by atomic mass is 9.98. The van der Waals surface area contributed by atoms with E-state index in [1.807, 2.05) is 66.7 Å². The molecule has 0 aliphatic carbocycles.